The van der Waals surface area contributed by atoms with Gasteiger partial charge in [0.25, 0.3) is 0 Å². The number of imidazole rings is 1. The maximum atomic E-state index is 10.7. The molecule has 0 aliphatic rings. The molecule has 0 aliphatic carbocycles. The molecular formula is C9H14N2O3. The van der Waals surface area contributed by atoms with Crippen molar-refractivity contribution in [2.24, 2.45) is 0 Å². The van der Waals surface area contributed by atoms with Gasteiger partial charge in [-0.15, -0.1) is 0 Å². The average Bonchev–Trinajstić information content (AvgIpc) is 2.50. The highest BCUT2D eigenvalue weighted by Gasteiger charge is 2.31. The van der Waals surface area contributed by atoms with Crippen LogP contribution in [0.4, 0.5) is 0 Å². The van der Waals surface area contributed by atoms with Crippen molar-refractivity contribution in [1.82, 2.24) is 9.55 Å². The predicted octanol–water partition coefficient (Wildman–Crippen LogP) is 0.281. The number of carboxylic acid groups (broad SMARTS) is 1. The Morgan fingerprint density at radius 1 is 1.71 bits per heavy atom. The Kier molecular flexibility index (Phi) is 2.90. The number of carboxylic acids is 1. The normalized spacial score (nSPS) is 15.1. The number of nitrogens with zero attached hydrogens (tertiary/aromatic N) is 2. The molecule has 5 nitrogen and oxygen atoms in total. The molecule has 1 rings (SSSR count). The van der Waals surface area contributed by atoms with E-state index < -0.39 is 11.6 Å². The van der Waals surface area contributed by atoms with Crippen LogP contribution in [-0.2, 0) is 17.8 Å². The number of hydrogen-bond acceptors (Lipinski definition) is 3. The molecule has 5 heteroatoms. The number of carbonyl (C=O) groups is 1. The largest absolute Gasteiger partial charge is 0.479 e. The Hall–Kier alpha value is -1.36. The molecule has 78 valence electrons. The zero-order valence-corrected chi connectivity index (χ0v) is 8.27. The third-order valence-corrected chi connectivity index (χ3v) is 2.13. The molecular weight excluding hydrogens is 184 g/mol. The van der Waals surface area contributed by atoms with Crippen LogP contribution >= 0.6 is 0 Å². The molecule has 0 aromatic carbocycles. The second-order valence-electron chi connectivity index (χ2n) is 3.43. The summed E-state index contributed by atoms with van der Waals surface area (Å²) in [6, 6.07) is 0. The Balaban J connectivity index is 2.83. The monoisotopic (exact) mass is 198 g/mol. The smallest absolute Gasteiger partial charge is 0.335 e. The van der Waals surface area contributed by atoms with Gasteiger partial charge in [-0.05, 0) is 13.8 Å². The van der Waals surface area contributed by atoms with Gasteiger partial charge in [0, 0.05) is 24.9 Å². The Labute approximate surface area is 82.0 Å². The average molecular weight is 198 g/mol. The second kappa shape index (κ2) is 3.79. The topological polar surface area (TPSA) is 75.3 Å². The van der Waals surface area contributed by atoms with Crippen molar-refractivity contribution in [2.75, 3.05) is 0 Å². The van der Waals surface area contributed by atoms with Crippen molar-refractivity contribution in [3.05, 3.63) is 18.2 Å². The van der Waals surface area contributed by atoms with E-state index in [1.54, 1.807) is 17.1 Å². The SMILES string of the molecule is CCn1cncc1CC(C)(O)C(=O)O. The first kappa shape index (κ1) is 10.7. The fourth-order valence-corrected chi connectivity index (χ4v) is 1.21. The first-order valence-electron chi connectivity index (χ1n) is 4.42. The molecule has 1 unspecified atom stereocenters. The summed E-state index contributed by atoms with van der Waals surface area (Å²) in [6.07, 6.45) is 3.25. The van der Waals surface area contributed by atoms with Crippen LogP contribution in [0, 0.1) is 0 Å². The van der Waals surface area contributed by atoms with E-state index in [9.17, 15) is 9.90 Å². The lowest BCUT2D eigenvalue weighted by Gasteiger charge is -2.18. The van der Waals surface area contributed by atoms with Crippen LogP contribution in [0.5, 0.6) is 0 Å². The van der Waals surface area contributed by atoms with E-state index in [0.717, 1.165) is 5.69 Å². The summed E-state index contributed by atoms with van der Waals surface area (Å²) < 4.78 is 1.80. The number of rotatable bonds is 4. The Bertz CT molecular complexity index is 331. The summed E-state index contributed by atoms with van der Waals surface area (Å²) in [4.78, 5) is 14.6. The highest BCUT2D eigenvalue weighted by molar-refractivity contribution is 5.76. The van der Waals surface area contributed by atoms with Crippen LogP contribution in [-0.4, -0.2) is 31.3 Å². The van der Waals surface area contributed by atoms with E-state index in [1.165, 1.54) is 6.92 Å². The number of aliphatic carboxylic acids is 1. The predicted molar refractivity (Wildman–Crippen MR) is 49.9 cm³/mol. The first-order valence-corrected chi connectivity index (χ1v) is 4.42. The Morgan fingerprint density at radius 3 is 2.86 bits per heavy atom. The van der Waals surface area contributed by atoms with Crippen molar-refractivity contribution >= 4 is 5.97 Å². The van der Waals surface area contributed by atoms with Crippen molar-refractivity contribution in [2.45, 2.75) is 32.4 Å². The van der Waals surface area contributed by atoms with Gasteiger partial charge in [-0.2, -0.15) is 0 Å². The second-order valence-corrected chi connectivity index (χ2v) is 3.43. The molecule has 0 spiro atoms. The van der Waals surface area contributed by atoms with Crippen LogP contribution in [0.3, 0.4) is 0 Å². The molecule has 0 fully saturated rings. The van der Waals surface area contributed by atoms with Gasteiger partial charge in [-0.25, -0.2) is 9.78 Å². The third kappa shape index (κ3) is 2.11. The molecule has 0 radical (unpaired) electrons. The number of aliphatic hydroxyl groups is 1. The van der Waals surface area contributed by atoms with Gasteiger partial charge in [-0.3, -0.25) is 0 Å². The molecule has 1 heterocycles. The molecule has 0 aliphatic heterocycles. The minimum atomic E-state index is -1.73. The Morgan fingerprint density at radius 2 is 2.36 bits per heavy atom. The lowest BCUT2D eigenvalue weighted by molar-refractivity contribution is -0.156. The molecule has 14 heavy (non-hydrogen) atoms. The van der Waals surface area contributed by atoms with Crippen molar-refractivity contribution < 1.29 is 15.0 Å². The summed E-state index contributed by atoms with van der Waals surface area (Å²) in [6.45, 7) is 3.92. The molecule has 2 N–H and O–H groups in total. The van der Waals surface area contributed by atoms with Crippen molar-refractivity contribution in [3.63, 3.8) is 0 Å². The summed E-state index contributed by atoms with van der Waals surface area (Å²) in [5.74, 6) is -1.22. The zero-order chi connectivity index (χ0) is 10.8. The lowest BCUT2D eigenvalue weighted by atomic mass is 10.0. The minimum absolute atomic E-state index is 0.0656. The van der Waals surface area contributed by atoms with Crippen LogP contribution in [0.1, 0.15) is 19.5 Å². The lowest BCUT2D eigenvalue weighted by Crippen LogP contribution is -2.37. The van der Waals surface area contributed by atoms with Crippen molar-refractivity contribution in [1.29, 1.82) is 0 Å². The van der Waals surface area contributed by atoms with Crippen molar-refractivity contribution in [3.8, 4) is 0 Å². The fraction of sp³-hybridized carbons (Fsp3) is 0.556. The van der Waals surface area contributed by atoms with Gasteiger partial charge in [-0.1, -0.05) is 0 Å². The van der Waals surface area contributed by atoms with E-state index in [-0.39, 0.29) is 6.42 Å². The van der Waals surface area contributed by atoms with Crippen LogP contribution < -0.4 is 0 Å². The van der Waals surface area contributed by atoms with E-state index in [1.807, 2.05) is 6.92 Å². The summed E-state index contributed by atoms with van der Waals surface area (Å²) in [5, 5.41) is 18.3. The standard InChI is InChI=1S/C9H14N2O3/c1-3-11-6-10-5-7(11)4-9(2,14)8(12)13/h5-6,14H,3-4H2,1-2H3,(H,12,13). The van der Waals surface area contributed by atoms with Gasteiger partial charge in [0.2, 0.25) is 0 Å². The quantitative estimate of drug-likeness (QED) is 0.728. The van der Waals surface area contributed by atoms with Crippen LogP contribution in [0.25, 0.3) is 0 Å². The van der Waals surface area contributed by atoms with Gasteiger partial charge in [0.05, 0.1) is 6.33 Å². The summed E-state index contributed by atoms with van der Waals surface area (Å²) in [5.41, 5.74) is -1.01. The fourth-order valence-electron chi connectivity index (χ4n) is 1.21. The van der Waals surface area contributed by atoms with Crippen LogP contribution in [0.15, 0.2) is 12.5 Å². The molecule has 1 aromatic rings. The number of aryl methyl sites for hydroxylation is 1. The number of hydrogen-bond donors (Lipinski definition) is 2. The van der Waals surface area contributed by atoms with Gasteiger partial charge >= 0.3 is 5.97 Å². The summed E-state index contributed by atoms with van der Waals surface area (Å²) in [7, 11) is 0. The maximum absolute atomic E-state index is 10.7. The van der Waals surface area contributed by atoms with Gasteiger partial charge in [0.1, 0.15) is 0 Å². The third-order valence-electron chi connectivity index (χ3n) is 2.13. The number of aromatic nitrogens is 2. The summed E-state index contributed by atoms with van der Waals surface area (Å²) >= 11 is 0. The highest BCUT2D eigenvalue weighted by atomic mass is 16.4. The molecule has 1 atom stereocenters. The first-order chi connectivity index (χ1) is 6.47. The van der Waals surface area contributed by atoms with Crippen LogP contribution in [0.2, 0.25) is 0 Å². The van der Waals surface area contributed by atoms with E-state index in [0.29, 0.717) is 6.54 Å². The van der Waals surface area contributed by atoms with E-state index in [2.05, 4.69) is 4.98 Å². The highest BCUT2D eigenvalue weighted by Crippen LogP contribution is 2.13. The minimum Gasteiger partial charge on any atom is -0.479 e. The molecule has 1 aromatic heterocycles. The van der Waals surface area contributed by atoms with Gasteiger partial charge in [0.15, 0.2) is 5.60 Å². The molecule has 0 saturated heterocycles. The van der Waals surface area contributed by atoms with Gasteiger partial charge < -0.3 is 14.8 Å². The molecule has 0 bridgehead atoms. The van der Waals surface area contributed by atoms with E-state index in [4.69, 9.17) is 5.11 Å². The molecule has 0 saturated carbocycles. The zero-order valence-electron chi connectivity index (χ0n) is 8.27. The molecule has 0 amide bonds. The maximum Gasteiger partial charge on any atom is 0.335 e. The van der Waals surface area contributed by atoms with E-state index >= 15 is 0 Å².